The van der Waals surface area contributed by atoms with Crippen molar-refractivity contribution in [2.24, 2.45) is 0 Å². The standard InChI is InChI=1S/C15H18FN3OS/c1-15(2,3)21(20)14-17-13-11(16)9-12(19(13)18-14)10-7-5-4-6-8-10/h4-8,11-12H,9H2,1-3H3/t11-,12-,21?/m0/s1. The second-order valence-electron chi connectivity index (χ2n) is 6.21. The molecule has 0 saturated carbocycles. The van der Waals surface area contributed by atoms with Crippen molar-refractivity contribution < 1.29 is 8.94 Å². The van der Waals surface area contributed by atoms with Gasteiger partial charge in [-0.25, -0.2) is 9.07 Å². The van der Waals surface area contributed by atoms with Gasteiger partial charge < -0.3 is 4.55 Å². The van der Waals surface area contributed by atoms with Crippen molar-refractivity contribution in [1.82, 2.24) is 14.8 Å². The van der Waals surface area contributed by atoms with Gasteiger partial charge in [0.05, 0.1) is 6.04 Å². The molecule has 0 fully saturated rings. The van der Waals surface area contributed by atoms with Crippen molar-refractivity contribution in [3.8, 4) is 0 Å². The highest BCUT2D eigenvalue weighted by Crippen LogP contribution is 2.40. The average molecular weight is 307 g/mol. The van der Waals surface area contributed by atoms with E-state index >= 15 is 0 Å². The predicted octanol–water partition coefficient (Wildman–Crippen LogP) is 3.19. The third kappa shape index (κ3) is 2.58. The molecule has 1 aliphatic heterocycles. The van der Waals surface area contributed by atoms with Crippen LogP contribution in [0.1, 0.15) is 50.8 Å². The highest BCUT2D eigenvalue weighted by molar-refractivity contribution is 7.92. The first-order valence-electron chi connectivity index (χ1n) is 6.95. The third-order valence-corrected chi connectivity index (χ3v) is 5.17. The molecular weight excluding hydrogens is 289 g/mol. The molecule has 1 aromatic heterocycles. The van der Waals surface area contributed by atoms with Crippen molar-refractivity contribution in [2.45, 2.75) is 49.3 Å². The Balaban J connectivity index is 1.99. The Kier molecular flexibility index (Phi) is 3.53. The Hall–Kier alpha value is -1.40. The fourth-order valence-electron chi connectivity index (χ4n) is 2.46. The molecule has 1 aliphatic rings. The van der Waals surface area contributed by atoms with Crippen LogP contribution in [0.2, 0.25) is 0 Å². The summed E-state index contributed by atoms with van der Waals surface area (Å²) in [6.45, 7) is 5.57. The van der Waals surface area contributed by atoms with E-state index in [1.807, 2.05) is 51.1 Å². The van der Waals surface area contributed by atoms with E-state index in [1.54, 1.807) is 4.68 Å². The van der Waals surface area contributed by atoms with Gasteiger partial charge >= 0.3 is 5.16 Å². The van der Waals surface area contributed by atoms with E-state index in [4.69, 9.17) is 0 Å². The maximum atomic E-state index is 14.2. The first kappa shape index (κ1) is 14.5. The van der Waals surface area contributed by atoms with Crippen LogP contribution in [0.5, 0.6) is 0 Å². The van der Waals surface area contributed by atoms with Crippen molar-refractivity contribution in [2.75, 3.05) is 0 Å². The Morgan fingerprint density at radius 3 is 2.57 bits per heavy atom. The summed E-state index contributed by atoms with van der Waals surface area (Å²) in [4.78, 5) is 4.19. The molecule has 2 aromatic rings. The molecule has 3 rings (SSSR count). The molecular formula is C15H18FN3OS. The van der Waals surface area contributed by atoms with Gasteiger partial charge in [-0.3, -0.25) is 0 Å². The number of halogens is 1. The van der Waals surface area contributed by atoms with Crippen molar-refractivity contribution in [3.05, 3.63) is 41.7 Å². The molecule has 0 amide bonds. The van der Waals surface area contributed by atoms with Crippen LogP contribution >= 0.6 is 0 Å². The predicted molar refractivity (Wildman–Crippen MR) is 79.2 cm³/mol. The molecule has 2 heterocycles. The van der Waals surface area contributed by atoms with E-state index in [9.17, 15) is 8.94 Å². The molecule has 3 atom stereocenters. The van der Waals surface area contributed by atoms with Crippen LogP contribution in [0.25, 0.3) is 0 Å². The van der Waals surface area contributed by atoms with E-state index in [0.717, 1.165) is 5.56 Å². The molecule has 1 unspecified atom stereocenters. The second-order valence-corrected chi connectivity index (χ2v) is 8.34. The minimum atomic E-state index is -1.35. The van der Waals surface area contributed by atoms with Crippen LogP contribution in [0, 0.1) is 0 Å². The van der Waals surface area contributed by atoms with Gasteiger partial charge in [0.25, 0.3) is 0 Å². The third-order valence-electron chi connectivity index (χ3n) is 3.55. The molecule has 0 aliphatic carbocycles. The van der Waals surface area contributed by atoms with Gasteiger partial charge in [0.15, 0.2) is 12.0 Å². The van der Waals surface area contributed by atoms with E-state index in [1.165, 1.54) is 0 Å². The second kappa shape index (κ2) is 5.10. The molecule has 0 spiro atoms. The molecule has 4 nitrogen and oxygen atoms in total. The van der Waals surface area contributed by atoms with Gasteiger partial charge in [-0.1, -0.05) is 30.3 Å². The van der Waals surface area contributed by atoms with Crippen molar-refractivity contribution >= 4 is 11.2 Å². The minimum absolute atomic E-state index is 0.172. The Morgan fingerprint density at radius 1 is 1.29 bits per heavy atom. The van der Waals surface area contributed by atoms with Crippen LogP contribution < -0.4 is 0 Å². The zero-order valence-electron chi connectivity index (χ0n) is 12.3. The summed E-state index contributed by atoms with van der Waals surface area (Å²) >= 11 is -1.35. The topological polar surface area (TPSA) is 53.8 Å². The SMILES string of the molecule is CC(C)(C)[S+]([O-])c1nc2n(n1)[C@H](c1ccccc1)C[C@@H]2F. The number of alkyl halides is 1. The highest BCUT2D eigenvalue weighted by atomic mass is 32.2. The summed E-state index contributed by atoms with van der Waals surface area (Å²) in [5.41, 5.74) is 0.997. The molecule has 0 saturated heterocycles. The summed E-state index contributed by atoms with van der Waals surface area (Å²) in [7, 11) is 0. The van der Waals surface area contributed by atoms with E-state index in [-0.39, 0.29) is 17.0 Å². The van der Waals surface area contributed by atoms with Crippen LogP contribution in [0.15, 0.2) is 35.5 Å². The van der Waals surface area contributed by atoms with Crippen LogP contribution in [-0.2, 0) is 11.2 Å². The molecule has 1 aromatic carbocycles. The van der Waals surface area contributed by atoms with Gasteiger partial charge in [-0.05, 0) is 26.3 Å². The fraction of sp³-hybridized carbons (Fsp3) is 0.467. The highest BCUT2D eigenvalue weighted by Gasteiger charge is 2.40. The average Bonchev–Trinajstić information content (AvgIpc) is 2.99. The Bertz CT molecular complexity index is 638. The van der Waals surface area contributed by atoms with Crippen LogP contribution in [-0.4, -0.2) is 24.1 Å². The monoisotopic (exact) mass is 307 g/mol. The van der Waals surface area contributed by atoms with E-state index in [0.29, 0.717) is 6.42 Å². The smallest absolute Gasteiger partial charge is 0.362 e. The number of nitrogens with zero attached hydrogens (tertiary/aromatic N) is 3. The summed E-state index contributed by atoms with van der Waals surface area (Å²) in [6.07, 6.45) is -0.824. The number of rotatable bonds is 2. The molecule has 0 N–H and O–H groups in total. The van der Waals surface area contributed by atoms with E-state index < -0.39 is 22.1 Å². The lowest BCUT2D eigenvalue weighted by atomic mass is 10.0. The van der Waals surface area contributed by atoms with E-state index in [2.05, 4.69) is 10.1 Å². The van der Waals surface area contributed by atoms with Gasteiger partial charge in [0.1, 0.15) is 4.75 Å². The molecule has 0 radical (unpaired) electrons. The summed E-state index contributed by atoms with van der Waals surface area (Å²) in [5, 5.41) is 4.55. The van der Waals surface area contributed by atoms with Crippen molar-refractivity contribution in [1.29, 1.82) is 0 Å². The fourth-order valence-corrected chi connectivity index (χ4v) is 3.35. The Morgan fingerprint density at radius 2 is 1.95 bits per heavy atom. The molecule has 6 heteroatoms. The minimum Gasteiger partial charge on any atom is -0.609 e. The molecule has 21 heavy (non-hydrogen) atoms. The largest absolute Gasteiger partial charge is 0.609 e. The first-order valence-corrected chi connectivity index (χ1v) is 8.10. The lowest BCUT2D eigenvalue weighted by Gasteiger charge is -2.20. The first-order chi connectivity index (χ1) is 9.88. The van der Waals surface area contributed by atoms with Gasteiger partial charge in [-0.2, -0.15) is 4.98 Å². The number of aromatic nitrogens is 3. The number of benzene rings is 1. The lowest BCUT2D eigenvalue weighted by molar-refractivity contribution is 0.326. The van der Waals surface area contributed by atoms with Gasteiger partial charge in [0.2, 0.25) is 0 Å². The Labute approximate surface area is 126 Å². The maximum absolute atomic E-state index is 14.2. The summed E-state index contributed by atoms with van der Waals surface area (Å²) in [5.74, 6) is 0.288. The van der Waals surface area contributed by atoms with Gasteiger partial charge in [-0.15, -0.1) is 5.10 Å². The van der Waals surface area contributed by atoms with Crippen LogP contribution in [0.3, 0.4) is 0 Å². The van der Waals surface area contributed by atoms with Gasteiger partial charge in [0, 0.05) is 17.6 Å². The maximum Gasteiger partial charge on any atom is 0.362 e. The van der Waals surface area contributed by atoms with Crippen LogP contribution in [0.4, 0.5) is 4.39 Å². The zero-order chi connectivity index (χ0) is 15.2. The molecule has 0 bridgehead atoms. The number of hydrogen-bond acceptors (Lipinski definition) is 3. The number of hydrogen-bond donors (Lipinski definition) is 0. The normalized spacial score (nSPS) is 23.1. The quantitative estimate of drug-likeness (QED) is 0.801. The lowest BCUT2D eigenvalue weighted by Crippen LogP contribution is -2.29. The summed E-state index contributed by atoms with van der Waals surface area (Å²) < 4.78 is 27.7. The zero-order valence-corrected chi connectivity index (χ0v) is 13.1. The summed E-state index contributed by atoms with van der Waals surface area (Å²) in [6, 6.07) is 9.50. The number of fused-ring (bicyclic) bond motifs is 1. The molecule has 112 valence electrons. The van der Waals surface area contributed by atoms with Crippen molar-refractivity contribution in [3.63, 3.8) is 0 Å².